The maximum absolute atomic E-state index is 12.0. The molecule has 9 heteroatoms. The van der Waals surface area contributed by atoms with E-state index >= 15 is 0 Å². The molecule has 1 amide bonds. The number of nitro groups is 1. The Morgan fingerprint density at radius 1 is 1.21 bits per heavy atom. The number of rotatable bonds is 9. The van der Waals surface area contributed by atoms with Crippen molar-refractivity contribution in [3.63, 3.8) is 0 Å². The Labute approximate surface area is 173 Å². The number of nitrogens with zero attached hydrogens (tertiary/aromatic N) is 1. The van der Waals surface area contributed by atoms with Gasteiger partial charge in [-0.05, 0) is 42.9 Å². The van der Waals surface area contributed by atoms with E-state index in [1.807, 2.05) is 6.92 Å². The van der Waals surface area contributed by atoms with Gasteiger partial charge >= 0.3 is 0 Å². The number of hydrogen-bond acceptors (Lipinski definition) is 6. The second-order valence-corrected chi connectivity index (χ2v) is 6.11. The Morgan fingerprint density at radius 3 is 2.76 bits per heavy atom. The number of non-ortho nitro benzene ring substituents is 1. The lowest BCUT2D eigenvalue weighted by Crippen LogP contribution is -2.32. The Morgan fingerprint density at radius 2 is 2.00 bits per heavy atom. The fraction of sp³-hybridized carbons (Fsp3) is 0.200. The number of benzene rings is 2. The van der Waals surface area contributed by atoms with Crippen molar-refractivity contribution in [2.24, 2.45) is 0 Å². The van der Waals surface area contributed by atoms with Crippen LogP contribution in [0.3, 0.4) is 0 Å². The van der Waals surface area contributed by atoms with Crippen molar-refractivity contribution >= 4 is 40.7 Å². The van der Waals surface area contributed by atoms with Gasteiger partial charge in [0.1, 0.15) is 12.4 Å². The van der Waals surface area contributed by atoms with Crippen molar-refractivity contribution in [3.8, 4) is 5.75 Å². The van der Waals surface area contributed by atoms with E-state index in [9.17, 15) is 14.9 Å². The van der Waals surface area contributed by atoms with Gasteiger partial charge in [-0.2, -0.15) is 0 Å². The number of thiocarbonyl (C=S) groups is 1. The Hall–Kier alpha value is -3.30. The second kappa shape index (κ2) is 11.5. The summed E-state index contributed by atoms with van der Waals surface area (Å²) in [6.07, 6.45) is 2.72. The minimum Gasteiger partial charge on any atom is -0.491 e. The number of nitrogens with one attached hydrogen (secondary N) is 2. The van der Waals surface area contributed by atoms with Crippen molar-refractivity contribution in [1.82, 2.24) is 5.32 Å². The highest BCUT2D eigenvalue weighted by atomic mass is 32.1. The largest absolute Gasteiger partial charge is 0.491 e. The molecule has 2 aromatic carbocycles. The van der Waals surface area contributed by atoms with E-state index in [1.54, 1.807) is 36.4 Å². The molecule has 0 bridgehead atoms. The number of nitro benzene ring substituents is 1. The van der Waals surface area contributed by atoms with Crippen LogP contribution in [0.2, 0.25) is 0 Å². The van der Waals surface area contributed by atoms with Crippen LogP contribution in [0.4, 0.5) is 11.4 Å². The third-order valence-corrected chi connectivity index (χ3v) is 3.74. The molecular weight excluding hydrogens is 394 g/mol. The highest BCUT2D eigenvalue weighted by Gasteiger charge is 2.05. The maximum atomic E-state index is 12.0. The van der Waals surface area contributed by atoms with E-state index in [0.29, 0.717) is 36.8 Å². The third kappa shape index (κ3) is 8.08. The van der Waals surface area contributed by atoms with Crippen LogP contribution in [0.25, 0.3) is 6.08 Å². The highest BCUT2D eigenvalue weighted by molar-refractivity contribution is 7.80. The monoisotopic (exact) mass is 415 g/mol. The zero-order valence-corrected chi connectivity index (χ0v) is 16.6. The lowest BCUT2D eigenvalue weighted by atomic mass is 10.2. The van der Waals surface area contributed by atoms with Gasteiger partial charge in [0, 0.05) is 36.6 Å². The van der Waals surface area contributed by atoms with Gasteiger partial charge in [-0.1, -0.05) is 18.2 Å². The molecule has 0 aromatic heterocycles. The van der Waals surface area contributed by atoms with Gasteiger partial charge in [0.2, 0.25) is 5.91 Å². The van der Waals surface area contributed by atoms with Gasteiger partial charge in [-0.3, -0.25) is 20.2 Å². The number of ether oxygens (including phenoxy) is 2. The molecular formula is C20H21N3O5S. The molecule has 0 fully saturated rings. The van der Waals surface area contributed by atoms with Gasteiger partial charge in [0.05, 0.1) is 11.5 Å². The standard InChI is InChI=1S/C20H21N3O5S/c1-2-27-11-12-28-18-8-4-6-16(14-18)21-20(29)22-19(24)10-9-15-5-3-7-17(13-15)23(25)26/h3-10,13-14H,2,11-12H2,1H3,(H2,21,22,24,29)/b10-9+. The average molecular weight is 415 g/mol. The van der Waals surface area contributed by atoms with Crippen molar-refractivity contribution in [3.05, 3.63) is 70.3 Å². The summed E-state index contributed by atoms with van der Waals surface area (Å²) in [6.45, 7) is 3.48. The molecule has 8 nitrogen and oxygen atoms in total. The minimum absolute atomic E-state index is 0.0481. The van der Waals surface area contributed by atoms with Crippen LogP contribution in [0, 0.1) is 10.1 Å². The molecule has 0 atom stereocenters. The van der Waals surface area contributed by atoms with Crippen LogP contribution >= 0.6 is 12.2 Å². The minimum atomic E-state index is -0.495. The van der Waals surface area contributed by atoms with E-state index < -0.39 is 10.8 Å². The molecule has 0 saturated carbocycles. The molecule has 0 radical (unpaired) electrons. The van der Waals surface area contributed by atoms with Crippen molar-refractivity contribution in [2.45, 2.75) is 6.92 Å². The molecule has 2 N–H and O–H groups in total. The number of hydrogen-bond donors (Lipinski definition) is 2. The molecule has 0 unspecified atom stereocenters. The SMILES string of the molecule is CCOCCOc1cccc(NC(=S)NC(=O)/C=C/c2cccc([N+](=O)[O-])c2)c1. The van der Waals surface area contributed by atoms with Gasteiger partial charge < -0.3 is 14.8 Å². The van der Waals surface area contributed by atoms with E-state index in [2.05, 4.69) is 10.6 Å². The van der Waals surface area contributed by atoms with E-state index in [4.69, 9.17) is 21.7 Å². The summed E-state index contributed by atoms with van der Waals surface area (Å²) in [5.74, 6) is 0.188. The first-order valence-corrected chi connectivity index (χ1v) is 9.24. The summed E-state index contributed by atoms with van der Waals surface area (Å²) in [5, 5.41) is 16.3. The first-order valence-electron chi connectivity index (χ1n) is 8.83. The lowest BCUT2D eigenvalue weighted by Gasteiger charge is -2.11. The molecule has 0 spiro atoms. The summed E-state index contributed by atoms with van der Waals surface area (Å²) in [5.41, 5.74) is 1.14. The summed E-state index contributed by atoms with van der Waals surface area (Å²) in [4.78, 5) is 22.3. The van der Waals surface area contributed by atoms with Gasteiger partial charge in [0.25, 0.3) is 5.69 Å². The van der Waals surface area contributed by atoms with Crippen LogP contribution < -0.4 is 15.4 Å². The topological polar surface area (TPSA) is 103 Å². The third-order valence-electron chi connectivity index (χ3n) is 3.54. The van der Waals surface area contributed by atoms with Crippen molar-refractivity contribution < 1.29 is 19.2 Å². The number of anilines is 1. The Kier molecular flexibility index (Phi) is 8.74. The molecule has 0 aliphatic carbocycles. The number of carbonyl (C=O) groups excluding carboxylic acids is 1. The zero-order chi connectivity index (χ0) is 21.1. The summed E-state index contributed by atoms with van der Waals surface area (Å²) in [7, 11) is 0. The van der Waals surface area contributed by atoms with Crippen LogP contribution in [0.5, 0.6) is 5.75 Å². The fourth-order valence-electron chi connectivity index (χ4n) is 2.26. The first-order chi connectivity index (χ1) is 14.0. The van der Waals surface area contributed by atoms with Crippen molar-refractivity contribution in [1.29, 1.82) is 0 Å². The molecule has 0 aliphatic rings. The fourth-order valence-corrected chi connectivity index (χ4v) is 2.47. The molecule has 2 rings (SSSR count). The Bertz CT molecular complexity index is 901. The van der Waals surface area contributed by atoms with Crippen LogP contribution in [0.15, 0.2) is 54.6 Å². The molecule has 29 heavy (non-hydrogen) atoms. The predicted molar refractivity (Wildman–Crippen MR) is 115 cm³/mol. The number of carbonyl (C=O) groups is 1. The quantitative estimate of drug-likeness (QED) is 0.212. The number of amides is 1. The van der Waals surface area contributed by atoms with E-state index in [0.717, 1.165) is 0 Å². The first kappa shape index (κ1) is 22.0. The smallest absolute Gasteiger partial charge is 0.270 e. The zero-order valence-electron chi connectivity index (χ0n) is 15.8. The van der Waals surface area contributed by atoms with Gasteiger partial charge in [-0.15, -0.1) is 0 Å². The molecule has 0 heterocycles. The normalized spacial score (nSPS) is 10.5. The highest BCUT2D eigenvalue weighted by Crippen LogP contribution is 2.17. The average Bonchev–Trinajstić information content (AvgIpc) is 2.70. The molecule has 0 aliphatic heterocycles. The van der Waals surface area contributed by atoms with E-state index in [1.165, 1.54) is 24.3 Å². The summed E-state index contributed by atoms with van der Waals surface area (Å²) in [6, 6.07) is 13.1. The second-order valence-electron chi connectivity index (χ2n) is 5.70. The van der Waals surface area contributed by atoms with Crippen molar-refractivity contribution in [2.75, 3.05) is 25.1 Å². The maximum Gasteiger partial charge on any atom is 0.270 e. The van der Waals surface area contributed by atoms with Gasteiger partial charge in [-0.25, -0.2) is 0 Å². The summed E-state index contributed by atoms with van der Waals surface area (Å²) >= 11 is 5.14. The molecule has 0 saturated heterocycles. The van der Waals surface area contributed by atoms with Crippen LogP contribution in [-0.4, -0.2) is 35.8 Å². The van der Waals surface area contributed by atoms with Gasteiger partial charge in [0.15, 0.2) is 5.11 Å². The van der Waals surface area contributed by atoms with Crippen LogP contribution in [-0.2, 0) is 9.53 Å². The lowest BCUT2D eigenvalue weighted by molar-refractivity contribution is -0.384. The predicted octanol–water partition coefficient (Wildman–Crippen LogP) is 3.54. The molecule has 2 aromatic rings. The van der Waals surface area contributed by atoms with Crippen LogP contribution in [0.1, 0.15) is 12.5 Å². The molecule has 152 valence electrons. The Balaban J connectivity index is 1.86. The van der Waals surface area contributed by atoms with E-state index in [-0.39, 0.29) is 10.8 Å². The summed E-state index contributed by atoms with van der Waals surface area (Å²) < 4.78 is 10.8.